The molecule has 30 heavy (non-hydrogen) atoms. The minimum Gasteiger partial charge on any atom is -0.453 e. The fraction of sp³-hybridized carbons (Fsp3) is 0.0909. The third kappa shape index (κ3) is 4.49. The van der Waals surface area contributed by atoms with Gasteiger partial charge in [0.05, 0.1) is 6.20 Å². The van der Waals surface area contributed by atoms with Crippen LogP contribution in [0.4, 0.5) is 4.39 Å². The van der Waals surface area contributed by atoms with Crippen LogP contribution in [-0.4, -0.2) is 21.0 Å². The summed E-state index contributed by atoms with van der Waals surface area (Å²) in [6.45, 7) is 1.91. The van der Waals surface area contributed by atoms with E-state index in [0.29, 0.717) is 28.6 Å². The number of pyridine rings is 1. The van der Waals surface area contributed by atoms with Crippen molar-refractivity contribution >= 4 is 5.91 Å². The molecule has 0 unspecified atom stereocenters. The van der Waals surface area contributed by atoms with E-state index in [9.17, 15) is 9.18 Å². The summed E-state index contributed by atoms with van der Waals surface area (Å²) in [4.78, 5) is 20.4. The van der Waals surface area contributed by atoms with Crippen LogP contribution in [0.2, 0.25) is 0 Å². The van der Waals surface area contributed by atoms with Gasteiger partial charge >= 0.3 is 0 Å². The Morgan fingerprint density at radius 1 is 1.17 bits per heavy atom. The maximum Gasteiger partial charge on any atom is 0.257 e. The van der Waals surface area contributed by atoms with E-state index in [1.165, 1.54) is 18.3 Å². The largest absolute Gasteiger partial charge is 0.453 e. The third-order valence-corrected chi connectivity index (χ3v) is 4.23. The van der Waals surface area contributed by atoms with Gasteiger partial charge in [-0.1, -0.05) is 11.2 Å². The van der Waals surface area contributed by atoms with Gasteiger partial charge in [-0.2, -0.15) is 4.98 Å². The molecule has 0 spiro atoms. The van der Waals surface area contributed by atoms with Crippen molar-refractivity contribution < 1.29 is 18.4 Å². The zero-order valence-electron chi connectivity index (χ0n) is 16.0. The first-order valence-corrected chi connectivity index (χ1v) is 9.14. The van der Waals surface area contributed by atoms with Crippen molar-refractivity contribution in [3.63, 3.8) is 0 Å². The molecule has 0 bridgehead atoms. The van der Waals surface area contributed by atoms with Gasteiger partial charge in [-0.15, -0.1) is 0 Å². The summed E-state index contributed by atoms with van der Waals surface area (Å²) in [5.74, 6) is 0.658. The van der Waals surface area contributed by atoms with Crippen molar-refractivity contribution in [3.05, 3.63) is 89.8 Å². The Labute approximate surface area is 171 Å². The van der Waals surface area contributed by atoms with E-state index < -0.39 is 5.82 Å². The standard InChI is InChI=1S/C22H17FN4O3/c1-14-26-22(30-27-14)17-7-5-16(6-8-17)21(28)25-12-15-4-9-20(19(23)11-15)29-18-3-2-10-24-13-18/h2-11,13H,12H2,1H3,(H,25,28). The van der Waals surface area contributed by atoms with Crippen LogP contribution in [0.25, 0.3) is 11.5 Å². The molecule has 0 saturated carbocycles. The van der Waals surface area contributed by atoms with Gasteiger partial charge in [0.1, 0.15) is 5.75 Å². The van der Waals surface area contributed by atoms with Crippen molar-refractivity contribution in [3.8, 4) is 23.0 Å². The first-order valence-electron chi connectivity index (χ1n) is 9.14. The minimum atomic E-state index is -0.523. The molecule has 4 rings (SSSR count). The Balaban J connectivity index is 1.37. The molecule has 0 fully saturated rings. The highest BCUT2D eigenvalue weighted by atomic mass is 19.1. The predicted octanol–water partition coefficient (Wildman–Crippen LogP) is 4.30. The van der Waals surface area contributed by atoms with E-state index in [2.05, 4.69) is 20.4 Å². The van der Waals surface area contributed by atoms with E-state index in [4.69, 9.17) is 9.26 Å². The first kappa shape index (κ1) is 19.3. The lowest BCUT2D eigenvalue weighted by Crippen LogP contribution is -2.22. The highest BCUT2D eigenvalue weighted by Crippen LogP contribution is 2.24. The summed E-state index contributed by atoms with van der Waals surface area (Å²) in [5, 5.41) is 6.51. The molecule has 0 aliphatic rings. The van der Waals surface area contributed by atoms with Gasteiger partial charge in [-0.3, -0.25) is 9.78 Å². The zero-order chi connectivity index (χ0) is 20.9. The number of hydrogen-bond acceptors (Lipinski definition) is 6. The van der Waals surface area contributed by atoms with Gasteiger partial charge in [0.15, 0.2) is 17.4 Å². The van der Waals surface area contributed by atoms with Gasteiger partial charge in [0.2, 0.25) is 0 Å². The molecule has 0 radical (unpaired) electrons. The van der Waals surface area contributed by atoms with E-state index in [0.717, 1.165) is 5.56 Å². The molecule has 2 aromatic heterocycles. The number of aryl methyl sites for hydroxylation is 1. The molecule has 0 atom stereocenters. The first-order chi connectivity index (χ1) is 14.6. The molecule has 150 valence electrons. The summed E-state index contributed by atoms with van der Waals surface area (Å²) in [7, 11) is 0. The van der Waals surface area contributed by atoms with Crippen LogP contribution in [0.3, 0.4) is 0 Å². The van der Waals surface area contributed by atoms with Crippen LogP contribution in [0.1, 0.15) is 21.7 Å². The number of nitrogens with one attached hydrogen (secondary N) is 1. The number of benzene rings is 2. The SMILES string of the molecule is Cc1noc(-c2ccc(C(=O)NCc3ccc(Oc4cccnc4)c(F)c3)cc2)n1. The number of hydrogen-bond donors (Lipinski definition) is 1. The molecule has 1 N–H and O–H groups in total. The highest BCUT2D eigenvalue weighted by molar-refractivity contribution is 5.94. The Bertz CT molecular complexity index is 1160. The van der Waals surface area contributed by atoms with Crippen molar-refractivity contribution in [2.75, 3.05) is 0 Å². The van der Waals surface area contributed by atoms with E-state index in [1.54, 1.807) is 55.6 Å². The number of carbonyl (C=O) groups excluding carboxylic acids is 1. The van der Waals surface area contributed by atoms with Crippen molar-refractivity contribution in [1.29, 1.82) is 0 Å². The lowest BCUT2D eigenvalue weighted by Gasteiger charge is -2.09. The second kappa shape index (κ2) is 8.52. The average Bonchev–Trinajstić information content (AvgIpc) is 3.21. The lowest BCUT2D eigenvalue weighted by molar-refractivity contribution is 0.0951. The number of aromatic nitrogens is 3. The Morgan fingerprint density at radius 3 is 2.67 bits per heavy atom. The molecule has 0 saturated heterocycles. The summed E-state index contributed by atoms with van der Waals surface area (Å²) in [6, 6.07) is 14.7. The fourth-order valence-corrected chi connectivity index (χ4v) is 2.73. The Kier molecular flexibility index (Phi) is 5.47. The summed E-state index contributed by atoms with van der Waals surface area (Å²) < 4.78 is 24.9. The smallest absolute Gasteiger partial charge is 0.257 e. The Morgan fingerprint density at radius 2 is 2.00 bits per heavy atom. The van der Waals surface area contributed by atoms with Crippen LogP contribution in [0.5, 0.6) is 11.5 Å². The van der Waals surface area contributed by atoms with Gasteiger partial charge < -0.3 is 14.6 Å². The monoisotopic (exact) mass is 404 g/mol. The predicted molar refractivity (Wildman–Crippen MR) is 106 cm³/mol. The maximum absolute atomic E-state index is 14.3. The molecule has 0 aliphatic heterocycles. The second-order valence-corrected chi connectivity index (χ2v) is 6.46. The van der Waals surface area contributed by atoms with Gasteiger partial charge in [0.25, 0.3) is 11.8 Å². The molecule has 7 nitrogen and oxygen atoms in total. The van der Waals surface area contributed by atoms with Crippen molar-refractivity contribution in [1.82, 2.24) is 20.4 Å². The number of halogens is 1. The molecule has 8 heteroatoms. The molecule has 2 aromatic carbocycles. The molecule has 2 heterocycles. The molecule has 4 aromatic rings. The van der Waals surface area contributed by atoms with E-state index in [1.807, 2.05) is 0 Å². The zero-order valence-corrected chi connectivity index (χ0v) is 16.0. The molecule has 1 amide bonds. The topological polar surface area (TPSA) is 90.1 Å². The van der Waals surface area contributed by atoms with Gasteiger partial charge in [0, 0.05) is 23.9 Å². The van der Waals surface area contributed by atoms with E-state index >= 15 is 0 Å². The van der Waals surface area contributed by atoms with Crippen LogP contribution in [0, 0.1) is 12.7 Å². The third-order valence-electron chi connectivity index (χ3n) is 4.23. The highest BCUT2D eigenvalue weighted by Gasteiger charge is 2.11. The Hall–Kier alpha value is -4.07. The van der Waals surface area contributed by atoms with Crippen molar-refractivity contribution in [2.45, 2.75) is 13.5 Å². The number of nitrogens with zero attached hydrogens (tertiary/aromatic N) is 3. The molecular weight excluding hydrogens is 387 g/mol. The van der Waals surface area contributed by atoms with Crippen molar-refractivity contribution in [2.24, 2.45) is 0 Å². The average molecular weight is 404 g/mol. The van der Waals surface area contributed by atoms with Crippen LogP contribution >= 0.6 is 0 Å². The van der Waals surface area contributed by atoms with Gasteiger partial charge in [-0.25, -0.2) is 4.39 Å². The van der Waals surface area contributed by atoms with Crippen LogP contribution < -0.4 is 10.1 Å². The lowest BCUT2D eigenvalue weighted by atomic mass is 10.1. The molecule has 0 aliphatic carbocycles. The summed E-state index contributed by atoms with van der Waals surface area (Å²) in [6.07, 6.45) is 3.10. The fourth-order valence-electron chi connectivity index (χ4n) is 2.73. The van der Waals surface area contributed by atoms with Crippen LogP contribution in [0.15, 0.2) is 71.5 Å². The maximum atomic E-state index is 14.3. The number of ether oxygens (including phenoxy) is 1. The quantitative estimate of drug-likeness (QED) is 0.515. The minimum absolute atomic E-state index is 0.0879. The number of amides is 1. The second-order valence-electron chi connectivity index (χ2n) is 6.46. The summed E-state index contributed by atoms with van der Waals surface area (Å²) in [5.41, 5.74) is 1.79. The van der Waals surface area contributed by atoms with E-state index in [-0.39, 0.29) is 18.2 Å². The molecular formula is C22H17FN4O3. The summed E-state index contributed by atoms with van der Waals surface area (Å²) >= 11 is 0. The van der Waals surface area contributed by atoms with Crippen LogP contribution in [-0.2, 0) is 6.54 Å². The number of rotatable bonds is 6. The van der Waals surface area contributed by atoms with Gasteiger partial charge in [-0.05, 0) is 61.0 Å². The number of carbonyl (C=O) groups is 1. The normalized spacial score (nSPS) is 10.6.